The topological polar surface area (TPSA) is 69.9 Å². The van der Waals surface area contributed by atoms with Crippen molar-refractivity contribution in [2.75, 3.05) is 0 Å². The average Bonchev–Trinajstić information content (AvgIpc) is 2.13. The zero-order valence-electron chi connectivity index (χ0n) is 6.69. The predicted molar refractivity (Wildman–Crippen MR) is 37.8 cm³/mol. The second-order valence-electron chi connectivity index (χ2n) is 3.09. The van der Waals surface area contributed by atoms with Gasteiger partial charge in [0, 0.05) is 0 Å². The number of aliphatic hydroxyl groups excluding tert-OH is 2. The van der Waals surface area contributed by atoms with E-state index >= 15 is 0 Å². The fraction of sp³-hybridized carbons (Fsp3) is 1.00. The number of aliphatic hydroxyl groups is 3. The number of rotatable bonds is 1. The third kappa shape index (κ3) is 1.27. The van der Waals surface area contributed by atoms with E-state index in [2.05, 4.69) is 0 Å². The minimum atomic E-state index is -1.33. The van der Waals surface area contributed by atoms with Gasteiger partial charge < -0.3 is 20.1 Å². The molecule has 1 saturated heterocycles. The minimum absolute atomic E-state index is 0.479. The normalized spacial score (nSPS) is 51.5. The predicted octanol–water partition coefficient (Wildman–Crippen LogP) is -0.774. The van der Waals surface area contributed by atoms with Crippen molar-refractivity contribution in [3.63, 3.8) is 0 Å². The molecule has 0 amide bonds. The molecule has 1 aliphatic rings. The van der Waals surface area contributed by atoms with Gasteiger partial charge in [0.05, 0.1) is 6.10 Å². The van der Waals surface area contributed by atoms with E-state index in [-0.39, 0.29) is 0 Å². The Morgan fingerprint density at radius 2 is 2.00 bits per heavy atom. The van der Waals surface area contributed by atoms with Gasteiger partial charge >= 0.3 is 0 Å². The van der Waals surface area contributed by atoms with Gasteiger partial charge in [0.1, 0.15) is 11.7 Å². The third-order valence-electron chi connectivity index (χ3n) is 2.20. The summed E-state index contributed by atoms with van der Waals surface area (Å²) in [4.78, 5) is 0. The van der Waals surface area contributed by atoms with Crippen molar-refractivity contribution < 1.29 is 20.1 Å². The molecular formula is C7H14O4. The van der Waals surface area contributed by atoms with E-state index in [9.17, 15) is 10.2 Å². The summed E-state index contributed by atoms with van der Waals surface area (Å²) >= 11 is 0. The van der Waals surface area contributed by atoms with Gasteiger partial charge in [0.25, 0.3) is 0 Å². The van der Waals surface area contributed by atoms with Gasteiger partial charge in [-0.3, -0.25) is 0 Å². The van der Waals surface area contributed by atoms with Gasteiger partial charge in [0.15, 0.2) is 6.29 Å². The highest BCUT2D eigenvalue weighted by atomic mass is 16.6. The molecule has 1 unspecified atom stereocenters. The summed E-state index contributed by atoms with van der Waals surface area (Å²) in [5, 5.41) is 27.8. The Labute approximate surface area is 65.4 Å². The Morgan fingerprint density at radius 1 is 1.45 bits per heavy atom. The van der Waals surface area contributed by atoms with Crippen LogP contribution in [0.2, 0.25) is 0 Å². The van der Waals surface area contributed by atoms with Crippen molar-refractivity contribution in [1.82, 2.24) is 0 Å². The molecule has 1 aliphatic heterocycles. The minimum Gasteiger partial charge on any atom is -0.385 e. The quantitative estimate of drug-likeness (QED) is 0.473. The van der Waals surface area contributed by atoms with Crippen LogP contribution < -0.4 is 0 Å². The Bertz CT molecular complexity index is 145. The molecule has 0 aromatic rings. The lowest BCUT2D eigenvalue weighted by Crippen LogP contribution is -2.45. The van der Waals surface area contributed by atoms with E-state index in [4.69, 9.17) is 9.84 Å². The highest BCUT2D eigenvalue weighted by Crippen LogP contribution is 2.31. The van der Waals surface area contributed by atoms with Crippen molar-refractivity contribution in [2.45, 2.75) is 44.4 Å². The van der Waals surface area contributed by atoms with Gasteiger partial charge in [-0.1, -0.05) is 6.92 Å². The maximum atomic E-state index is 9.56. The van der Waals surface area contributed by atoms with Crippen molar-refractivity contribution in [2.24, 2.45) is 0 Å². The fourth-order valence-electron chi connectivity index (χ4n) is 1.37. The molecule has 4 atom stereocenters. The molecule has 0 aromatic heterocycles. The molecule has 3 N–H and O–H groups in total. The molecule has 0 radical (unpaired) electrons. The molecule has 1 fully saturated rings. The van der Waals surface area contributed by atoms with Crippen LogP contribution in [0.1, 0.15) is 20.3 Å². The second kappa shape index (κ2) is 2.71. The Morgan fingerprint density at radius 3 is 2.18 bits per heavy atom. The molecule has 0 aliphatic carbocycles. The third-order valence-corrected chi connectivity index (χ3v) is 2.20. The van der Waals surface area contributed by atoms with Gasteiger partial charge in [-0.15, -0.1) is 0 Å². The van der Waals surface area contributed by atoms with Crippen molar-refractivity contribution >= 4 is 0 Å². The zero-order chi connectivity index (χ0) is 8.65. The first-order chi connectivity index (χ1) is 5.00. The summed E-state index contributed by atoms with van der Waals surface area (Å²) in [5.74, 6) is 0. The summed E-state index contributed by atoms with van der Waals surface area (Å²) in [7, 11) is 0. The van der Waals surface area contributed by atoms with Crippen molar-refractivity contribution in [3.05, 3.63) is 0 Å². The van der Waals surface area contributed by atoms with Crippen LogP contribution in [-0.2, 0) is 4.74 Å². The summed E-state index contributed by atoms with van der Waals surface area (Å²) in [5.41, 5.74) is -1.33. The molecule has 0 spiro atoms. The Kier molecular flexibility index (Phi) is 2.20. The lowest BCUT2D eigenvalue weighted by atomic mass is 9.94. The monoisotopic (exact) mass is 162 g/mol. The van der Waals surface area contributed by atoms with E-state index in [1.165, 1.54) is 6.92 Å². The zero-order valence-corrected chi connectivity index (χ0v) is 6.69. The molecule has 66 valence electrons. The number of hydrogen-bond donors (Lipinski definition) is 3. The van der Waals surface area contributed by atoms with Crippen molar-refractivity contribution in [1.29, 1.82) is 0 Å². The molecule has 0 saturated carbocycles. The van der Waals surface area contributed by atoms with Crippen LogP contribution in [0.5, 0.6) is 0 Å². The molecule has 11 heavy (non-hydrogen) atoms. The molecule has 1 heterocycles. The molecule has 0 aromatic carbocycles. The van der Waals surface area contributed by atoms with Gasteiger partial charge in [-0.05, 0) is 13.3 Å². The molecular weight excluding hydrogens is 148 g/mol. The number of hydrogen-bond acceptors (Lipinski definition) is 4. The number of ether oxygens (including phenoxy) is 1. The van der Waals surface area contributed by atoms with Gasteiger partial charge in [-0.25, -0.2) is 0 Å². The van der Waals surface area contributed by atoms with Gasteiger partial charge in [0.2, 0.25) is 0 Å². The van der Waals surface area contributed by atoms with Crippen LogP contribution in [0.15, 0.2) is 0 Å². The lowest BCUT2D eigenvalue weighted by molar-refractivity contribution is -0.127. The van der Waals surface area contributed by atoms with Crippen LogP contribution in [0.25, 0.3) is 0 Å². The van der Waals surface area contributed by atoms with E-state index in [1.54, 1.807) is 0 Å². The summed E-state index contributed by atoms with van der Waals surface area (Å²) in [6, 6.07) is 0. The highest BCUT2D eigenvalue weighted by molar-refractivity contribution is 4.96. The van der Waals surface area contributed by atoms with E-state index in [0.29, 0.717) is 6.42 Å². The van der Waals surface area contributed by atoms with Crippen molar-refractivity contribution in [3.8, 4) is 0 Å². The maximum Gasteiger partial charge on any atom is 0.184 e. The Balaban J connectivity index is 2.74. The van der Waals surface area contributed by atoms with Gasteiger partial charge in [-0.2, -0.15) is 0 Å². The van der Waals surface area contributed by atoms with Crippen LogP contribution in [0, 0.1) is 0 Å². The van der Waals surface area contributed by atoms with E-state index in [1.807, 2.05) is 6.92 Å². The second-order valence-corrected chi connectivity index (χ2v) is 3.09. The average molecular weight is 162 g/mol. The van der Waals surface area contributed by atoms with Crippen LogP contribution in [0.3, 0.4) is 0 Å². The highest BCUT2D eigenvalue weighted by Gasteiger charge is 2.50. The Hall–Kier alpha value is -0.160. The van der Waals surface area contributed by atoms with Crippen LogP contribution in [0.4, 0.5) is 0 Å². The standard InChI is InChI=1S/C7H14O4/c1-3-4-7(2,10)5(8)6(9)11-4/h4-6,8-10H,3H2,1-2H3/t4-,5?,6+,7+/m1/s1. The summed E-state index contributed by atoms with van der Waals surface area (Å²) in [6.07, 6.45) is -2.36. The molecule has 4 nitrogen and oxygen atoms in total. The van der Waals surface area contributed by atoms with E-state index in [0.717, 1.165) is 0 Å². The molecule has 1 rings (SSSR count). The summed E-state index contributed by atoms with van der Waals surface area (Å²) < 4.78 is 4.89. The molecule has 0 bridgehead atoms. The first kappa shape index (κ1) is 8.93. The summed E-state index contributed by atoms with van der Waals surface area (Å²) in [6.45, 7) is 3.28. The fourth-order valence-corrected chi connectivity index (χ4v) is 1.37. The first-order valence-corrected chi connectivity index (χ1v) is 3.74. The van der Waals surface area contributed by atoms with Crippen LogP contribution >= 0.6 is 0 Å². The molecule has 4 heteroatoms. The van der Waals surface area contributed by atoms with Crippen LogP contribution in [-0.4, -0.2) is 39.4 Å². The SMILES string of the molecule is CC[C@H]1O[C@H](O)C(O)[C@@]1(C)O. The first-order valence-electron chi connectivity index (χ1n) is 3.74. The smallest absolute Gasteiger partial charge is 0.184 e. The van der Waals surface area contributed by atoms with E-state index < -0.39 is 24.1 Å². The largest absolute Gasteiger partial charge is 0.385 e. The maximum absolute atomic E-state index is 9.56. The lowest BCUT2D eigenvalue weighted by Gasteiger charge is -2.24.